The Morgan fingerprint density at radius 3 is 2.75 bits per heavy atom. The average molecular weight is 452 g/mol. The second-order valence-corrected chi connectivity index (χ2v) is 8.96. The Balaban J connectivity index is 0.000000567. The van der Waals surface area contributed by atoms with E-state index in [2.05, 4.69) is 27.4 Å². The van der Waals surface area contributed by atoms with E-state index in [1.807, 2.05) is 34.9 Å². The number of carbonyl (C=O) groups is 1. The van der Waals surface area contributed by atoms with Gasteiger partial charge in [-0.15, -0.1) is 0 Å². The zero-order valence-corrected chi connectivity index (χ0v) is 18.6. The number of carbonyl (C=O) groups excluding carboxylic acids is 1. The summed E-state index contributed by atoms with van der Waals surface area (Å²) in [6.45, 7) is 1.58. The molecule has 2 aromatic heterocycles. The van der Waals surface area contributed by atoms with Crippen LogP contribution in [0.2, 0.25) is 0 Å². The molecule has 1 aliphatic carbocycles. The Morgan fingerprint density at radius 1 is 1.22 bits per heavy atom. The number of para-hydroxylation sites is 2. The fourth-order valence-electron chi connectivity index (χ4n) is 3.99. The van der Waals surface area contributed by atoms with Gasteiger partial charge in [-0.1, -0.05) is 54.5 Å². The molecule has 168 valence electrons. The molecule has 5 rings (SSSR count). The van der Waals surface area contributed by atoms with Gasteiger partial charge in [0, 0.05) is 24.0 Å². The first-order valence-electron chi connectivity index (χ1n) is 10.6. The van der Waals surface area contributed by atoms with Crippen LogP contribution >= 0.6 is 11.3 Å². The van der Waals surface area contributed by atoms with Crippen molar-refractivity contribution in [3.05, 3.63) is 53.8 Å². The average Bonchev–Trinajstić information content (AvgIpc) is 3.29. The maximum absolute atomic E-state index is 10.2. The topological polar surface area (TPSA) is 127 Å². The largest absolute Gasteiger partial charge is 0.550 e. The van der Waals surface area contributed by atoms with Crippen LogP contribution < -0.4 is 10.4 Å². The highest BCUT2D eigenvalue weighted by atomic mass is 32.1. The van der Waals surface area contributed by atoms with Gasteiger partial charge < -0.3 is 35.6 Å². The van der Waals surface area contributed by atoms with Gasteiger partial charge in [-0.25, -0.2) is 4.98 Å². The van der Waals surface area contributed by atoms with E-state index in [-0.39, 0.29) is 18.1 Å². The number of aliphatic carboxylic acids is 1. The summed E-state index contributed by atoms with van der Waals surface area (Å²) in [7, 11) is 0. The molecular formula is C23H25N5O3S-2. The summed E-state index contributed by atoms with van der Waals surface area (Å²) in [5.74, 6) is -0.806. The number of fused-ring (bicyclic) bond motifs is 2. The van der Waals surface area contributed by atoms with Crippen LogP contribution in [0.4, 0.5) is 11.1 Å². The molecule has 2 heterocycles. The van der Waals surface area contributed by atoms with E-state index in [0.717, 1.165) is 64.6 Å². The number of imidazole rings is 1. The van der Waals surface area contributed by atoms with E-state index in [4.69, 9.17) is 15.6 Å². The first-order chi connectivity index (χ1) is 15.4. The summed E-state index contributed by atoms with van der Waals surface area (Å²) in [5.41, 5.74) is 12.1. The molecule has 8 nitrogen and oxygen atoms in total. The van der Waals surface area contributed by atoms with Gasteiger partial charge in [0.2, 0.25) is 0 Å². The highest BCUT2D eigenvalue weighted by Crippen LogP contribution is 2.31. The number of hydrogen-bond acceptors (Lipinski definition) is 7. The molecule has 0 bridgehead atoms. The van der Waals surface area contributed by atoms with E-state index in [1.54, 1.807) is 11.3 Å². The van der Waals surface area contributed by atoms with Crippen molar-refractivity contribution in [2.24, 2.45) is 0 Å². The molecule has 1 aliphatic rings. The Morgan fingerprint density at radius 2 is 1.97 bits per heavy atom. The van der Waals surface area contributed by atoms with E-state index >= 15 is 0 Å². The number of aliphatic hydroxyl groups is 1. The minimum atomic E-state index is -1.08. The smallest absolute Gasteiger partial charge is 0.184 e. The lowest BCUT2D eigenvalue weighted by molar-refractivity contribution is -0.302. The predicted molar refractivity (Wildman–Crippen MR) is 125 cm³/mol. The Hall–Kier alpha value is -3.17. The van der Waals surface area contributed by atoms with E-state index in [1.165, 1.54) is 0 Å². The Kier molecular flexibility index (Phi) is 6.57. The number of aromatic nitrogens is 3. The lowest BCUT2D eigenvalue weighted by atomic mass is 9.93. The summed E-state index contributed by atoms with van der Waals surface area (Å²) >= 11 is 1.62. The van der Waals surface area contributed by atoms with Crippen molar-refractivity contribution in [3.8, 4) is 0 Å². The minimum Gasteiger partial charge on any atom is -0.550 e. The molecule has 9 heteroatoms. The van der Waals surface area contributed by atoms with Gasteiger partial charge in [0.1, 0.15) is 0 Å². The molecule has 0 spiro atoms. The highest BCUT2D eigenvalue weighted by molar-refractivity contribution is 7.22. The molecule has 1 saturated carbocycles. The third-order valence-electron chi connectivity index (χ3n) is 5.49. The van der Waals surface area contributed by atoms with Gasteiger partial charge in [-0.05, 0) is 43.0 Å². The molecule has 32 heavy (non-hydrogen) atoms. The van der Waals surface area contributed by atoms with Crippen LogP contribution in [0.1, 0.15) is 38.2 Å². The number of aliphatic hydroxyl groups excluding tert-OH is 1. The van der Waals surface area contributed by atoms with E-state index in [9.17, 15) is 5.11 Å². The summed E-state index contributed by atoms with van der Waals surface area (Å²) in [6, 6.07) is 14.2. The lowest BCUT2D eigenvalue weighted by Crippen LogP contribution is -2.36. The molecule has 4 aromatic rings. The molecule has 0 amide bonds. The third kappa shape index (κ3) is 5.00. The lowest BCUT2D eigenvalue weighted by Gasteiger charge is -2.27. The molecule has 0 saturated heterocycles. The van der Waals surface area contributed by atoms with Gasteiger partial charge in [0.25, 0.3) is 0 Å². The van der Waals surface area contributed by atoms with Crippen LogP contribution in [0.15, 0.2) is 42.5 Å². The Bertz CT molecular complexity index is 1230. The fourth-order valence-corrected chi connectivity index (χ4v) is 4.98. The number of carboxylic acids is 1. The summed E-state index contributed by atoms with van der Waals surface area (Å²) in [4.78, 5) is 17.9. The van der Waals surface area contributed by atoms with Crippen molar-refractivity contribution in [2.75, 3.05) is 5.32 Å². The van der Waals surface area contributed by atoms with Crippen LogP contribution in [-0.4, -0.2) is 37.8 Å². The molecule has 1 fully saturated rings. The van der Waals surface area contributed by atoms with Crippen molar-refractivity contribution < 1.29 is 15.0 Å². The van der Waals surface area contributed by atoms with Crippen molar-refractivity contribution in [2.45, 2.75) is 51.3 Å². The molecule has 0 radical (unpaired) electrons. The van der Waals surface area contributed by atoms with Gasteiger partial charge in [0.15, 0.2) is 5.13 Å². The van der Waals surface area contributed by atoms with Crippen molar-refractivity contribution in [1.29, 1.82) is 0 Å². The molecular weight excluding hydrogens is 426 g/mol. The molecule has 0 aliphatic heterocycles. The monoisotopic (exact) mass is 451 g/mol. The number of anilines is 1. The number of benzene rings is 2. The number of nitrogens with one attached hydrogen (secondary N) is 2. The quantitative estimate of drug-likeness (QED) is 0.485. The van der Waals surface area contributed by atoms with Gasteiger partial charge in [-0.2, -0.15) is 0 Å². The zero-order valence-electron chi connectivity index (χ0n) is 17.7. The second-order valence-electron chi connectivity index (χ2n) is 7.93. The fraction of sp³-hybridized carbons (Fsp3) is 0.348. The number of hydrogen-bond donors (Lipinski definition) is 2. The van der Waals surface area contributed by atoms with Crippen LogP contribution in [-0.2, 0) is 11.3 Å². The first-order valence-corrected chi connectivity index (χ1v) is 11.4. The van der Waals surface area contributed by atoms with E-state index < -0.39 is 5.97 Å². The SMILES string of the molecule is CC(=O)[O-].[NH-]c1nc2ccccc2n1Cc1ccc2nc(N[C@@H]3CCCC[C@H]3O)sc2c1. The van der Waals surface area contributed by atoms with E-state index in [0.29, 0.717) is 6.54 Å². The summed E-state index contributed by atoms with van der Waals surface area (Å²) in [6.07, 6.45) is 3.81. The zero-order chi connectivity index (χ0) is 22.7. The maximum Gasteiger partial charge on any atom is 0.184 e. The minimum absolute atomic E-state index is 0.0944. The number of carboxylic acid groups (broad SMARTS) is 1. The normalized spacial score (nSPS) is 18.3. The van der Waals surface area contributed by atoms with Crippen LogP contribution in [0.3, 0.4) is 0 Å². The Labute approximate surface area is 189 Å². The number of rotatable bonds is 4. The molecule has 2 atom stereocenters. The second kappa shape index (κ2) is 9.54. The maximum atomic E-state index is 10.2. The molecule has 2 aromatic carbocycles. The van der Waals surface area contributed by atoms with Crippen LogP contribution in [0.25, 0.3) is 27.0 Å². The third-order valence-corrected chi connectivity index (χ3v) is 6.44. The highest BCUT2D eigenvalue weighted by Gasteiger charge is 2.23. The van der Waals surface area contributed by atoms with Gasteiger partial charge >= 0.3 is 0 Å². The van der Waals surface area contributed by atoms with Gasteiger partial charge in [0.05, 0.1) is 22.4 Å². The standard InChI is InChI=1S/C21H22N5OS.C2H4O2/c22-20-23-14-5-1-3-7-17(14)26(20)12-13-9-10-16-19(11-13)28-21(25-16)24-15-6-2-4-8-18(15)27;1-2(3)4/h1,3,5,7,9-11,15,18,27H,2,4,6,8,12H2,(H2-,22,23,24,25);1H3,(H,3,4)/q-1;/p-1/t15-,18-;/m1./s1. The van der Waals surface area contributed by atoms with Crippen LogP contribution in [0.5, 0.6) is 0 Å². The summed E-state index contributed by atoms with van der Waals surface area (Å²) in [5, 5.41) is 23.4. The number of nitrogens with zero attached hydrogens (tertiary/aromatic N) is 3. The van der Waals surface area contributed by atoms with Crippen molar-refractivity contribution in [3.63, 3.8) is 0 Å². The van der Waals surface area contributed by atoms with Crippen molar-refractivity contribution >= 4 is 49.6 Å². The predicted octanol–water partition coefficient (Wildman–Crippen LogP) is 3.85. The summed E-state index contributed by atoms with van der Waals surface area (Å²) < 4.78 is 3.04. The molecule has 0 unspecified atom stereocenters. The van der Waals surface area contributed by atoms with Crippen LogP contribution in [0, 0.1) is 0 Å². The molecule has 3 N–H and O–H groups in total. The number of thiazole rings is 1. The first kappa shape index (κ1) is 22.0. The van der Waals surface area contributed by atoms with Crippen molar-refractivity contribution in [1.82, 2.24) is 14.5 Å². The van der Waals surface area contributed by atoms with Gasteiger partial charge in [-0.3, -0.25) is 0 Å².